The van der Waals surface area contributed by atoms with Crippen molar-refractivity contribution < 1.29 is 4.79 Å². The van der Waals surface area contributed by atoms with Crippen LogP contribution in [-0.2, 0) is 12.5 Å². The summed E-state index contributed by atoms with van der Waals surface area (Å²) in [4.78, 5) is 25.1. The van der Waals surface area contributed by atoms with E-state index in [1.165, 1.54) is 4.57 Å². The highest BCUT2D eigenvalue weighted by Crippen LogP contribution is 2.29. The van der Waals surface area contributed by atoms with E-state index >= 15 is 0 Å². The molecule has 1 heterocycles. The second-order valence-corrected chi connectivity index (χ2v) is 6.96. The van der Waals surface area contributed by atoms with E-state index in [4.69, 9.17) is 0 Å². The van der Waals surface area contributed by atoms with Crippen molar-refractivity contribution in [3.63, 3.8) is 0 Å². The number of hydrogen-bond donors (Lipinski definition) is 1. The third-order valence-corrected chi connectivity index (χ3v) is 4.08. The van der Waals surface area contributed by atoms with Crippen LogP contribution < -0.4 is 10.9 Å². The Bertz CT molecular complexity index is 811. The Morgan fingerprint density at radius 2 is 1.74 bits per heavy atom. The molecule has 0 spiro atoms. The van der Waals surface area contributed by atoms with Crippen molar-refractivity contribution >= 4 is 11.6 Å². The van der Waals surface area contributed by atoms with Crippen LogP contribution in [0.15, 0.2) is 35.1 Å². The summed E-state index contributed by atoms with van der Waals surface area (Å²) in [6.07, 6.45) is 0. The molecule has 2 rings (SSSR count). The number of hydrogen-bond acceptors (Lipinski definition) is 2. The fraction of sp³-hybridized carbons (Fsp3) is 0.368. The predicted molar refractivity (Wildman–Crippen MR) is 94.3 cm³/mol. The zero-order chi connectivity index (χ0) is 17.4. The predicted octanol–water partition coefficient (Wildman–Crippen LogP) is 3.55. The molecule has 4 heteroatoms. The van der Waals surface area contributed by atoms with E-state index in [1.807, 2.05) is 37.3 Å². The summed E-state index contributed by atoms with van der Waals surface area (Å²) in [6, 6.07) is 9.55. The van der Waals surface area contributed by atoms with Gasteiger partial charge in [0.25, 0.3) is 11.5 Å². The highest BCUT2D eigenvalue weighted by Gasteiger charge is 2.21. The number of nitrogens with one attached hydrogen (secondary N) is 1. The first-order valence-corrected chi connectivity index (χ1v) is 7.71. The minimum Gasteiger partial charge on any atom is -0.322 e. The molecule has 0 atom stereocenters. The number of amides is 1. The molecule has 0 saturated carbocycles. The van der Waals surface area contributed by atoms with Gasteiger partial charge in [0.1, 0.15) is 5.56 Å². The maximum atomic E-state index is 12.7. The maximum absolute atomic E-state index is 12.7. The number of carbonyl (C=O) groups is 1. The molecule has 0 bridgehead atoms. The third kappa shape index (κ3) is 3.36. The van der Waals surface area contributed by atoms with E-state index in [1.54, 1.807) is 14.0 Å². The molecule has 4 nitrogen and oxygen atoms in total. The summed E-state index contributed by atoms with van der Waals surface area (Å²) < 4.78 is 1.50. The van der Waals surface area contributed by atoms with Gasteiger partial charge in [0, 0.05) is 18.4 Å². The lowest BCUT2D eigenvalue weighted by Crippen LogP contribution is -2.30. The number of para-hydroxylation sites is 1. The van der Waals surface area contributed by atoms with Crippen molar-refractivity contribution in [1.82, 2.24) is 4.57 Å². The molecule has 1 amide bonds. The maximum Gasteiger partial charge on any atom is 0.263 e. The lowest BCUT2D eigenvalue weighted by molar-refractivity contribution is 0.102. The second-order valence-electron chi connectivity index (χ2n) is 6.96. The molecule has 0 saturated heterocycles. The highest BCUT2D eigenvalue weighted by atomic mass is 16.2. The molecule has 0 radical (unpaired) electrons. The third-order valence-electron chi connectivity index (χ3n) is 4.08. The van der Waals surface area contributed by atoms with Gasteiger partial charge in [0.2, 0.25) is 0 Å². The van der Waals surface area contributed by atoms with Gasteiger partial charge in [0.15, 0.2) is 0 Å². The van der Waals surface area contributed by atoms with Gasteiger partial charge < -0.3 is 9.88 Å². The van der Waals surface area contributed by atoms with Crippen molar-refractivity contribution in [1.29, 1.82) is 0 Å². The molecule has 0 unspecified atom stereocenters. The quantitative estimate of drug-likeness (QED) is 0.922. The van der Waals surface area contributed by atoms with Crippen LogP contribution in [0.5, 0.6) is 0 Å². The van der Waals surface area contributed by atoms with Gasteiger partial charge in [-0.15, -0.1) is 0 Å². The van der Waals surface area contributed by atoms with Gasteiger partial charge in [-0.05, 0) is 42.5 Å². The van der Waals surface area contributed by atoms with Gasteiger partial charge in [-0.2, -0.15) is 0 Å². The highest BCUT2D eigenvalue weighted by molar-refractivity contribution is 6.05. The van der Waals surface area contributed by atoms with Crippen molar-refractivity contribution in [2.24, 2.45) is 7.05 Å². The molecule has 0 aliphatic carbocycles. The van der Waals surface area contributed by atoms with Crippen LogP contribution in [0, 0.1) is 13.8 Å². The minimum absolute atomic E-state index is 0.100. The van der Waals surface area contributed by atoms with Crippen LogP contribution in [0.3, 0.4) is 0 Å². The SMILES string of the molecule is Cc1cc(C)n(C)c(=O)c1C(=O)Nc1ccccc1C(C)(C)C. The molecule has 0 fully saturated rings. The minimum atomic E-state index is -0.361. The first kappa shape index (κ1) is 17.0. The number of pyridine rings is 1. The Kier molecular flexibility index (Phi) is 4.46. The Morgan fingerprint density at radius 3 is 2.35 bits per heavy atom. The molecule has 2 aromatic rings. The topological polar surface area (TPSA) is 51.1 Å². The molecule has 0 aliphatic rings. The summed E-state index contributed by atoms with van der Waals surface area (Å²) in [7, 11) is 1.68. The van der Waals surface area contributed by atoms with Crippen LogP contribution in [0.4, 0.5) is 5.69 Å². The molecule has 122 valence electrons. The molecule has 1 aromatic carbocycles. The van der Waals surface area contributed by atoms with E-state index in [2.05, 4.69) is 26.1 Å². The molecule has 1 aromatic heterocycles. The zero-order valence-corrected chi connectivity index (χ0v) is 14.7. The van der Waals surface area contributed by atoms with Crippen LogP contribution in [-0.4, -0.2) is 10.5 Å². The fourth-order valence-corrected chi connectivity index (χ4v) is 2.69. The van der Waals surface area contributed by atoms with E-state index in [0.29, 0.717) is 5.56 Å². The van der Waals surface area contributed by atoms with Crippen LogP contribution in [0.1, 0.15) is 48.0 Å². The number of aryl methyl sites for hydroxylation is 2. The van der Waals surface area contributed by atoms with Gasteiger partial charge in [-0.3, -0.25) is 9.59 Å². The summed E-state index contributed by atoms with van der Waals surface area (Å²) in [5, 5.41) is 2.91. The fourth-order valence-electron chi connectivity index (χ4n) is 2.69. The van der Waals surface area contributed by atoms with Crippen molar-refractivity contribution in [2.45, 2.75) is 40.0 Å². The van der Waals surface area contributed by atoms with Crippen molar-refractivity contribution in [3.8, 4) is 0 Å². The van der Waals surface area contributed by atoms with Gasteiger partial charge in [-0.25, -0.2) is 0 Å². The van der Waals surface area contributed by atoms with E-state index < -0.39 is 0 Å². The lowest BCUT2D eigenvalue weighted by atomic mass is 9.86. The average molecular weight is 312 g/mol. The lowest BCUT2D eigenvalue weighted by Gasteiger charge is -2.23. The zero-order valence-electron chi connectivity index (χ0n) is 14.7. The smallest absolute Gasteiger partial charge is 0.263 e. The standard InChI is InChI=1S/C19H24N2O2/c1-12-11-13(2)21(6)18(23)16(12)17(22)20-15-10-8-7-9-14(15)19(3,4)5/h7-11H,1-6H3,(H,20,22). The largest absolute Gasteiger partial charge is 0.322 e. The van der Waals surface area contributed by atoms with Gasteiger partial charge in [-0.1, -0.05) is 39.0 Å². The number of nitrogens with zero attached hydrogens (tertiary/aromatic N) is 1. The molecular weight excluding hydrogens is 288 g/mol. The summed E-state index contributed by atoms with van der Waals surface area (Å²) >= 11 is 0. The van der Waals surface area contributed by atoms with E-state index in [9.17, 15) is 9.59 Å². The number of carbonyl (C=O) groups excluding carboxylic acids is 1. The molecular formula is C19H24N2O2. The summed E-state index contributed by atoms with van der Waals surface area (Å²) in [6.45, 7) is 9.92. The van der Waals surface area contributed by atoms with Crippen LogP contribution in [0.25, 0.3) is 0 Å². The average Bonchev–Trinajstić information content (AvgIpc) is 2.44. The monoisotopic (exact) mass is 312 g/mol. The molecule has 1 N–H and O–H groups in total. The first-order valence-electron chi connectivity index (χ1n) is 7.71. The molecule has 0 aliphatic heterocycles. The van der Waals surface area contributed by atoms with E-state index in [0.717, 1.165) is 16.9 Å². The van der Waals surface area contributed by atoms with Crippen molar-refractivity contribution in [3.05, 3.63) is 63.1 Å². The Balaban J connectivity index is 2.47. The Morgan fingerprint density at radius 1 is 1.13 bits per heavy atom. The van der Waals surface area contributed by atoms with E-state index in [-0.39, 0.29) is 22.4 Å². The van der Waals surface area contributed by atoms with Crippen molar-refractivity contribution in [2.75, 3.05) is 5.32 Å². The number of rotatable bonds is 2. The van der Waals surface area contributed by atoms with Crippen LogP contribution in [0.2, 0.25) is 0 Å². The number of benzene rings is 1. The van der Waals surface area contributed by atoms with Crippen LogP contribution >= 0.6 is 0 Å². The summed E-state index contributed by atoms with van der Waals surface area (Å²) in [5.41, 5.74) is 3.13. The number of aromatic nitrogens is 1. The van der Waals surface area contributed by atoms with Gasteiger partial charge in [0.05, 0.1) is 0 Å². The Labute approximate surface area is 137 Å². The number of anilines is 1. The molecule has 23 heavy (non-hydrogen) atoms. The second kappa shape index (κ2) is 6.03. The normalized spacial score (nSPS) is 11.4. The first-order chi connectivity index (χ1) is 10.6. The summed E-state index contributed by atoms with van der Waals surface area (Å²) in [5.74, 6) is -0.361. The Hall–Kier alpha value is -2.36. The van der Waals surface area contributed by atoms with Gasteiger partial charge >= 0.3 is 0 Å².